The maximum Gasteiger partial charge on any atom is 0.166 e. The molecule has 0 aliphatic rings. The highest BCUT2D eigenvalue weighted by Gasteiger charge is 2.10. The van der Waals surface area contributed by atoms with Crippen molar-refractivity contribution in [1.82, 2.24) is 9.97 Å². The van der Waals surface area contributed by atoms with Crippen LogP contribution in [0, 0.1) is 5.82 Å². The SMILES string of the molecule is OC(CSc1nc2ccccc2[nH]1)c1ccc(F)cc1. The first-order chi connectivity index (χ1) is 9.72. The number of aliphatic hydroxyl groups is 1. The van der Waals surface area contributed by atoms with Crippen molar-refractivity contribution in [2.45, 2.75) is 11.3 Å². The number of thioether (sulfide) groups is 1. The minimum atomic E-state index is -0.645. The van der Waals surface area contributed by atoms with Gasteiger partial charge in [0.25, 0.3) is 0 Å². The van der Waals surface area contributed by atoms with Gasteiger partial charge < -0.3 is 10.1 Å². The van der Waals surface area contributed by atoms with E-state index in [9.17, 15) is 9.50 Å². The van der Waals surface area contributed by atoms with Crippen LogP contribution < -0.4 is 0 Å². The van der Waals surface area contributed by atoms with Crippen LogP contribution >= 0.6 is 11.8 Å². The molecule has 0 radical (unpaired) electrons. The standard InChI is InChI=1S/C15H13FN2OS/c16-11-7-5-10(6-8-11)14(19)9-20-15-17-12-3-1-2-4-13(12)18-15/h1-8,14,19H,9H2,(H,17,18). The van der Waals surface area contributed by atoms with Gasteiger partial charge in [-0.05, 0) is 29.8 Å². The van der Waals surface area contributed by atoms with Crippen LogP contribution in [-0.2, 0) is 0 Å². The fourth-order valence-electron chi connectivity index (χ4n) is 1.94. The predicted octanol–water partition coefficient (Wildman–Crippen LogP) is 3.53. The average molecular weight is 288 g/mol. The smallest absolute Gasteiger partial charge is 0.166 e. The summed E-state index contributed by atoms with van der Waals surface area (Å²) in [5.41, 5.74) is 2.59. The lowest BCUT2D eigenvalue weighted by atomic mass is 10.1. The van der Waals surface area contributed by atoms with E-state index in [4.69, 9.17) is 0 Å². The summed E-state index contributed by atoms with van der Waals surface area (Å²) in [6.07, 6.45) is -0.645. The topological polar surface area (TPSA) is 48.9 Å². The van der Waals surface area contributed by atoms with E-state index in [2.05, 4.69) is 9.97 Å². The summed E-state index contributed by atoms with van der Waals surface area (Å²) in [6.45, 7) is 0. The van der Waals surface area contributed by atoms with E-state index >= 15 is 0 Å². The van der Waals surface area contributed by atoms with Crippen LogP contribution in [0.1, 0.15) is 11.7 Å². The fraction of sp³-hybridized carbons (Fsp3) is 0.133. The predicted molar refractivity (Wildman–Crippen MR) is 78.2 cm³/mol. The summed E-state index contributed by atoms with van der Waals surface area (Å²) >= 11 is 1.44. The zero-order valence-electron chi connectivity index (χ0n) is 10.6. The van der Waals surface area contributed by atoms with Crippen molar-refractivity contribution in [1.29, 1.82) is 0 Å². The van der Waals surface area contributed by atoms with Crippen molar-refractivity contribution in [3.8, 4) is 0 Å². The number of fused-ring (bicyclic) bond motifs is 1. The molecule has 0 aliphatic heterocycles. The molecule has 1 aromatic heterocycles. The summed E-state index contributed by atoms with van der Waals surface area (Å²) in [5, 5.41) is 10.8. The molecule has 1 unspecified atom stereocenters. The molecular weight excluding hydrogens is 275 g/mol. The molecule has 2 N–H and O–H groups in total. The number of nitrogens with zero attached hydrogens (tertiary/aromatic N) is 1. The maximum atomic E-state index is 12.8. The van der Waals surface area contributed by atoms with Gasteiger partial charge in [-0.25, -0.2) is 9.37 Å². The number of hydrogen-bond acceptors (Lipinski definition) is 3. The van der Waals surface area contributed by atoms with E-state index in [0.29, 0.717) is 11.3 Å². The Hall–Kier alpha value is -1.85. The average Bonchev–Trinajstić information content (AvgIpc) is 2.88. The molecule has 20 heavy (non-hydrogen) atoms. The highest BCUT2D eigenvalue weighted by Crippen LogP contribution is 2.24. The Morgan fingerprint density at radius 1 is 1.15 bits per heavy atom. The molecule has 0 aliphatic carbocycles. The number of aromatic amines is 1. The molecule has 1 heterocycles. The van der Waals surface area contributed by atoms with Crippen molar-refractivity contribution >= 4 is 22.8 Å². The molecule has 5 heteroatoms. The van der Waals surface area contributed by atoms with Crippen LogP contribution in [0.2, 0.25) is 0 Å². The summed E-state index contributed by atoms with van der Waals surface area (Å²) < 4.78 is 12.8. The Morgan fingerprint density at radius 3 is 2.65 bits per heavy atom. The zero-order chi connectivity index (χ0) is 13.9. The molecule has 0 bridgehead atoms. The molecule has 3 nitrogen and oxygen atoms in total. The number of H-pyrrole nitrogens is 1. The van der Waals surface area contributed by atoms with Crippen molar-refractivity contribution in [3.63, 3.8) is 0 Å². The van der Waals surface area contributed by atoms with Crippen molar-refractivity contribution in [2.75, 3.05) is 5.75 Å². The van der Waals surface area contributed by atoms with Gasteiger partial charge in [-0.3, -0.25) is 0 Å². The van der Waals surface area contributed by atoms with Gasteiger partial charge in [0.1, 0.15) is 5.82 Å². The van der Waals surface area contributed by atoms with Crippen LogP contribution in [0.25, 0.3) is 11.0 Å². The molecule has 2 aromatic carbocycles. The van der Waals surface area contributed by atoms with Crippen LogP contribution in [-0.4, -0.2) is 20.8 Å². The second-order valence-electron chi connectivity index (χ2n) is 4.44. The minimum absolute atomic E-state index is 0.300. The van der Waals surface area contributed by atoms with Crippen LogP contribution in [0.5, 0.6) is 0 Å². The number of aromatic nitrogens is 2. The Bertz CT molecular complexity index is 678. The monoisotopic (exact) mass is 288 g/mol. The van der Waals surface area contributed by atoms with E-state index in [1.165, 1.54) is 23.9 Å². The third-order valence-electron chi connectivity index (χ3n) is 3.00. The number of benzene rings is 2. The molecule has 0 saturated heterocycles. The van der Waals surface area contributed by atoms with E-state index < -0.39 is 6.10 Å². The zero-order valence-corrected chi connectivity index (χ0v) is 11.4. The lowest BCUT2D eigenvalue weighted by Gasteiger charge is -2.09. The summed E-state index contributed by atoms with van der Waals surface area (Å²) in [5.74, 6) is 0.164. The fourth-order valence-corrected chi connectivity index (χ4v) is 2.79. The van der Waals surface area contributed by atoms with Gasteiger partial charge in [0.05, 0.1) is 17.1 Å². The molecule has 0 fully saturated rings. The van der Waals surface area contributed by atoms with E-state index in [1.54, 1.807) is 12.1 Å². The van der Waals surface area contributed by atoms with Crippen molar-refractivity contribution in [3.05, 3.63) is 59.9 Å². The lowest BCUT2D eigenvalue weighted by molar-refractivity contribution is 0.204. The number of imidazole rings is 1. The summed E-state index contributed by atoms with van der Waals surface area (Å²) in [7, 11) is 0. The Balaban J connectivity index is 1.68. The number of aliphatic hydroxyl groups excluding tert-OH is 1. The largest absolute Gasteiger partial charge is 0.388 e. The molecule has 3 aromatic rings. The Kier molecular flexibility index (Phi) is 3.71. The Labute approximate surface area is 119 Å². The first kappa shape index (κ1) is 13.1. The molecule has 1 atom stereocenters. The van der Waals surface area contributed by atoms with Crippen LogP contribution in [0.15, 0.2) is 53.7 Å². The van der Waals surface area contributed by atoms with Gasteiger partial charge in [-0.1, -0.05) is 36.0 Å². The second-order valence-corrected chi connectivity index (χ2v) is 5.45. The van der Waals surface area contributed by atoms with Gasteiger partial charge in [-0.2, -0.15) is 0 Å². The van der Waals surface area contributed by atoms with Crippen LogP contribution in [0.3, 0.4) is 0 Å². The van der Waals surface area contributed by atoms with Crippen molar-refractivity contribution in [2.24, 2.45) is 0 Å². The second kappa shape index (κ2) is 5.64. The van der Waals surface area contributed by atoms with Gasteiger partial charge in [0.15, 0.2) is 5.16 Å². The van der Waals surface area contributed by atoms with Gasteiger partial charge in [0.2, 0.25) is 0 Å². The quantitative estimate of drug-likeness (QED) is 0.722. The minimum Gasteiger partial charge on any atom is -0.388 e. The maximum absolute atomic E-state index is 12.8. The molecule has 3 rings (SSSR count). The summed E-state index contributed by atoms with van der Waals surface area (Å²) in [4.78, 5) is 7.62. The number of nitrogens with one attached hydrogen (secondary N) is 1. The third kappa shape index (κ3) is 2.84. The van der Waals surface area contributed by atoms with Gasteiger partial charge >= 0.3 is 0 Å². The number of halogens is 1. The molecule has 0 amide bonds. The number of rotatable bonds is 4. The third-order valence-corrected chi connectivity index (χ3v) is 3.95. The van der Waals surface area contributed by atoms with Gasteiger partial charge in [0, 0.05) is 5.75 Å². The first-order valence-electron chi connectivity index (χ1n) is 6.23. The number of hydrogen-bond donors (Lipinski definition) is 2. The summed E-state index contributed by atoms with van der Waals surface area (Å²) in [6, 6.07) is 13.7. The highest BCUT2D eigenvalue weighted by molar-refractivity contribution is 7.99. The van der Waals surface area contributed by atoms with E-state index in [0.717, 1.165) is 16.2 Å². The normalized spacial score (nSPS) is 12.7. The number of para-hydroxylation sites is 2. The first-order valence-corrected chi connectivity index (χ1v) is 7.22. The van der Waals surface area contributed by atoms with Crippen LogP contribution in [0.4, 0.5) is 4.39 Å². The Morgan fingerprint density at radius 2 is 1.90 bits per heavy atom. The highest BCUT2D eigenvalue weighted by atomic mass is 32.2. The van der Waals surface area contributed by atoms with E-state index in [-0.39, 0.29) is 5.82 Å². The molecule has 0 spiro atoms. The van der Waals surface area contributed by atoms with Gasteiger partial charge in [-0.15, -0.1) is 0 Å². The lowest BCUT2D eigenvalue weighted by Crippen LogP contribution is -2.00. The van der Waals surface area contributed by atoms with Crippen molar-refractivity contribution < 1.29 is 9.50 Å². The molecule has 0 saturated carbocycles. The molecule has 102 valence electrons. The molecular formula is C15H13FN2OS. The van der Waals surface area contributed by atoms with E-state index in [1.807, 2.05) is 24.3 Å².